The van der Waals surface area contributed by atoms with Crippen LogP contribution >= 0.6 is 11.6 Å². The van der Waals surface area contributed by atoms with Crippen molar-refractivity contribution in [2.75, 3.05) is 0 Å². The number of alkyl halides is 3. The summed E-state index contributed by atoms with van der Waals surface area (Å²) in [6.07, 6.45) is -4.52. The van der Waals surface area contributed by atoms with Gasteiger partial charge in [0.05, 0.1) is 22.6 Å². The van der Waals surface area contributed by atoms with E-state index in [1.54, 1.807) is 0 Å². The molecule has 0 spiro atoms. The summed E-state index contributed by atoms with van der Waals surface area (Å²) in [5.74, 6) is -0.428. The molecule has 2 rings (SSSR count). The Labute approximate surface area is 121 Å². The van der Waals surface area contributed by atoms with Gasteiger partial charge in [-0.1, -0.05) is 17.7 Å². The van der Waals surface area contributed by atoms with Crippen LogP contribution in [-0.4, -0.2) is 9.91 Å². The maximum Gasteiger partial charge on any atom is 0.416 e. The largest absolute Gasteiger partial charge is 0.439 e. The molecule has 0 aliphatic carbocycles. The second-order valence-electron chi connectivity index (χ2n) is 3.87. The monoisotopic (exact) mass is 318 g/mol. The topological polar surface area (TPSA) is 65.3 Å². The summed E-state index contributed by atoms with van der Waals surface area (Å²) < 4.78 is 42.8. The van der Waals surface area contributed by atoms with Crippen molar-refractivity contribution in [2.45, 2.75) is 6.18 Å². The number of benzene rings is 1. The second kappa shape index (κ2) is 5.57. The lowest BCUT2D eigenvalue weighted by molar-refractivity contribution is -0.385. The maximum atomic E-state index is 12.6. The third-order valence-electron chi connectivity index (χ3n) is 2.35. The molecular formula is C12H6ClF3N2O3. The molecule has 0 fully saturated rings. The van der Waals surface area contributed by atoms with Gasteiger partial charge in [0.1, 0.15) is 10.9 Å². The van der Waals surface area contributed by atoms with E-state index in [0.717, 1.165) is 30.3 Å². The van der Waals surface area contributed by atoms with Crippen LogP contribution in [0.25, 0.3) is 0 Å². The standard InChI is InChI=1S/C12H6ClF3N2O3/c13-10-5-8(18(19)20)6-11(17-10)21-9-3-1-2-7(4-9)12(14,15)16/h1-6H. The van der Waals surface area contributed by atoms with Crippen molar-refractivity contribution in [2.24, 2.45) is 0 Å². The number of hydrogen-bond acceptors (Lipinski definition) is 4. The molecule has 0 saturated heterocycles. The third-order valence-corrected chi connectivity index (χ3v) is 2.54. The summed E-state index contributed by atoms with van der Waals surface area (Å²) in [5, 5.41) is 10.5. The van der Waals surface area contributed by atoms with Crippen molar-refractivity contribution >= 4 is 17.3 Å². The molecule has 5 nitrogen and oxygen atoms in total. The number of nitro groups is 1. The third kappa shape index (κ3) is 3.82. The van der Waals surface area contributed by atoms with Crippen LogP contribution in [0.15, 0.2) is 36.4 Å². The molecular weight excluding hydrogens is 313 g/mol. The van der Waals surface area contributed by atoms with Crippen LogP contribution in [0.3, 0.4) is 0 Å². The predicted octanol–water partition coefficient (Wildman–Crippen LogP) is 4.45. The summed E-state index contributed by atoms with van der Waals surface area (Å²) in [6, 6.07) is 6.02. The number of pyridine rings is 1. The quantitative estimate of drug-likeness (QED) is 0.476. The van der Waals surface area contributed by atoms with Crippen molar-refractivity contribution in [3.63, 3.8) is 0 Å². The Bertz CT molecular complexity index is 692. The van der Waals surface area contributed by atoms with E-state index in [4.69, 9.17) is 16.3 Å². The molecule has 21 heavy (non-hydrogen) atoms. The zero-order valence-electron chi connectivity index (χ0n) is 10.1. The molecule has 1 aromatic carbocycles. The van der Waals surface area contributed by atoms with Crippen LogP contribution in [0.2, 0.25) is 5.15 Å². The minimum atomic E-state index is -4.52. The Kier molecular flexibility index (Phi) is 3.99. The Hall–Kier alpha value is -2.35. The Morgan fingerprint density at radius 1 is 1.24 bits per heavy atom. The predicted molar refractivity (Wildman–Crippen MR) is 67.4 cm³/mol. The molecule has 0 bridgehead atoms. The van der Waals surface area contributed by atoms with Gasteiger partial charge >= 0.3 is 6.18 Å². The van der Waals surface area contributed by atoms with Gasteiger partial charge in [-0.2, -0.15) is 13.2 Å². The highest BCUT2D eigenvalue weighted by atomic mass is 35.5. The Balaban J connectivity index is 2.32. The van der Waals surface area contributed by atoms with E-state index < -0.39 is 16.7 Å². The zero-order chi connectivity index (χ0) is 15.6. The molecule has 1 aromatic heterocycles. The highest BCUT2D eigenvalue weighted by Gasteiger charge is 2.30. The lowest BCUT2D eigenvalue weighted by Gasteiger charge is -2.09. The average molecular weight is 319 g/mol. The number of rotatable bonds is 3. The van der Waals surface area contributed by atoms with Gasteiger partial charge in [0.25, 0.3) is 5.69 Å². The fraction of sp³-hybridized carbons (Fsp3) is 0.0833. The van der Waals surface area contributed by atoms with E-state index >= 15 is 0 Å². The lowest BCUT2D eigenvalue weighted by Crippen LogP contribution is -2.04. The first-order valence-electron chi connectivity index (χ1n) is 5.43. The smallest absolute Gasteiger partial charge is 0.416 e. The minimum Gasteiger partial charge on any atom is -0.439 e. The highest BCUT2D eigenvalue weighted by molar-refractivity contribution is 6.29. The Morgan fingerprint density at radius 2 is 1.95 bits per heavy atom. The molecule has 0 aliphatic heterocycles. The molecule has 0 saturated carbocycles. The van der Waals surface area contributed by atoms with E-state index in [2.05, 4.69) is 4.98 Å². The second-order valence-corrected chi connectivity index (χ2v) is 4.26. The average Bonchev–Trinajstić information content (AvgIpc) is 2.37. The van der Waals surface area contributed by atoms with Gasteiger partial charge < -0.3 is 4.74 Å². The highest BCUT2D eigenvalue weighted by Crippen LogP contribution is 2.33. The minimum absolute atomic E-state index is 0.158. The molecule has 1 heterocycles. The summed E-state index contributed by atoms with van der Waals surface area (Å²) >= 11 is 5.59. The molecule has 0 aliphatic rings. The SMILES string of the molecule is O=[N+]([O-])c1cc(Cl)nc(Oc2cccc(C(F)(F)F)c2)c1. The summed E-state index contributed by atoms with van der Waals surface area (Å²) in [4.78, 5) is 13.6. The van der Waals surface area contributed by atoms with Crippen molar-refractivity contribution in [1.82, 2.24) is 4.98 Å². The van der Waals surface area contributed by atoms with Crippen molar-refractivity contribution in [1.29, 1.82) is 0 Å². The van der Waals surface area contributed by atoms with Crippen molar-refractivity contribution < 1.29 is 22.8 Å². The van der Waals surface area contributed by atoms with E-state index in [0.29, 0.717) is 0 Å². The van der Waals surface area contributed by atoms with Crippen LogP contribution < -0.4 is 4.74 Å². The van der Waals surface area contributed by atoms with Crippen molar-refractivity contribution in [3.05, 3.63) is 57.2 Å². The van der Waals surface area contributed by atoms with E-state index in [-0.39, 0.29) is 22.5 Å². The van der Waals surface area contributed by atoms with Crippen LogP contribution in [0.5, 0.6) is 11.6 Å². The lowest BCUT2D eigenvalue weighted by atomic mass is 10.2. The van der Waals surface area contributed by atoms with Gasteiger partial charge in [-0.15, -0.1) is 0 Å². The van der Waals surface area contributed by atoms with Gasteiger partial charge in [0.2, 0.25) is 5.88 Å². The molecule has 110 valence electrons. The normalized spacial score (nSPS) is 11.2. The number of halogens is 4. The van der Waals surface area contributed by atoms with Crippen LogP contribution in [0.4, 0.5) is 18.9 Å². The van der Waals surface area contributed by atoms with Gasteiger partial charge in [0.15, 0.2) is 0 Å². The summed E-state index contributed by atoms with van der Waals surface area (Å²) in [7, 11) is 0. The van der Waals surface area contributed by atoms with E-state index in [1.807, 2.05) is 0 Å². The molecule has 0 atom stereocenters. The fourth-order valence-corrected chi connectivity index (χ4v) is 1.67. The molecule has 2 aromatic rings. The first-order chi connectivity index (χ1) is 9.75. The maximum absolute atomic E-state index is 12.6. The van der Waals surface area contributed by atoms with Gasteiger partial charge in [-0.05, 0) is 18.2 Å². The van der Waals surface area contributed by atoms with Gasteiger partial charge in [0, 0.05) is 0 Å². The Morgan fingerprint density at radius 3 is 2.57 bits per heavy atom. The van der Waals surface area contributed by atoms with Gasteiger partial charge in [-0.3, -0.25) is 10.1 Å². The first-order valence-corrected chi connectivity index (χ1v) is 5.80. The van der Waals surface area contributed by atoms with Crippen molar-refractivity contribution in [3.8, 4) is 11.6 Å². The molecule has 0 N–H and O–H groups in total. The van der Waals surface area contributed by atoms with E-state index in [9.17, 15) is 23.3 Å². The molecule has 0 amide bonds. The van der Waals surface area contributed by atoms with E-state index in [1.165, 1.54) is 6.07 Å². The molecule has 9 heteroatoms. The number of aromatic nitrogens is 1. The molecule has 0 unspecified atom stereocenters. The fourth-order valence-electron chi connectivity index (χ4n) is 1.47. The summed E-state index contributed by atoms with van der Waals surface area (Å²) in [5.41, 5.74) is -1.28. The zero-order valence-corrected chi connectivity index (χ0v) is 10.9. The number of nitrogens with zero attached hydrogens (tertiary/aromatic N) is 2. The van der Waals surface area contributed by atoms with Gasteiger partial charge in [-0.25, -0.2) is 4.98 Å². The van der Waals surface area contributed by atoms with Crippen LogP contribution in [-0.2, 0) is 6.18 Å². The molecule has 0 radical (unpaired) electrons. The first kappa shape index (κ1) is 15.0. The summed E-state index contributed by atoms with van der Waals surface area (Å²) in [6.45, 7) is 0. The van der Waals surface area contributed by atoms with Crippen LogP contribution in [0, 0.1) is 10.1 Å². The van der Waals surface area contributed by atoms with Crippen LogP contribution in [0.1, 0.15) is 5.56 Å². The number of ether oxygens (including phenoxy) is 1. The number of hydrogen-bond donors (Lipinski definition) is 0.